The third kappa shape index (κ3) is 5.93. The average molecular weight is 651 g/mol. The molecule has 3 fully saturated rings. The van der Waals surface area contributed by atoms with Gasteiger partial charge in [-0.3, -0.25) is 4.79 Å². The lowest BCUT2D eigenvalue weighted by Crippen LogP contribution is -2.66. The smallest absolute Gasteiger partial charge is 0.261 e. The van der Waals surface area contributed by atoms with Crippen LogP contribution in [-0.2, 0) is 19.2 Å². The van der Waals surface area contributed by atoms with Crippen LogP contribution >= 0.6 is 0 Å². The van der Waals surface area contributed by atoms with E-state index in [1.807, 2.05) is 12.1 Å². The van der Waals surface area contributed by atoms with Crippen molar-refractivity contribution in [3.8, 4) is 11.8 Å². The number of nitrogens with one attached hydrogen (secondary N) is 1. The third-order valence-electron chi connectivity index (χ3n) is 11.2. The minimum atomic E-state index is -3.72. The zero-order valence-electron chi connectivity index (χ0n) is 27.5. The van der Waals surface area contributed by atoms with Crippen LogP contribution in [0.1, 0.15) is 86.0 Å². The summed E-state index contributed by atoms with van der Waals surface area (Å²) in [4.78, 5) is 13.5. The third-order valence-corrected chi connectivity index (χ3v) is 18.1. The summed E-state index contributed by atoms with van der Waals surface area (Å²) in [5, 5.41) is 12.3. The number of benzene rings is 2. The molecule has 2 aliphatic carbocycles. The van der Waals surface area contributed by atoms with Gasteiger partial charge in [-0.1, -0.05) is 95.3 Å². The molecule has 9 heteroatoms. The van der Waals surface area contributed by atoms with Gasteiger partial charge < -0.3 is 9.63 Å². The summed E-state index contributed by atoms with van der Waals surface area (Å²) < 4.78 is 34.6. The maximum atomic E-state index is 13.5. The van der Waals surface area contributed by atoms with Crippen molar-refractivity contribution in [2.45, 2.75) is 103 Å². The maximum Gasteiger partial charge on any atom is 0.261 e. The first-order valence-corrected chi connectivity index (χ1v) is 20.0. The summed E-state index contributed by atoms with van der Waals surface area (Å²) in [5.41, 5.74) is 1.63. The van der Waals surface area contributed by atoms with Gasteiger partial charge in [0, 0.05) is 24.9 Å². The highest BCUT2D eigenvalue weighted by atomic mass is 32.2. The lowest BCUT2D eigenvalue weighted by molar-refractivity contribution is -0.134. The maximum absolute atomic E-state index is 13.5. The van der Waals surface area contributed by atoms with Gasteiger partial charge in [-0.2, -0.15) is 5.48 Å². The number of hydrogen-bond acceptors (Lipinski definition) is 6. The number of rotatable bonds is 11. The number of amides is 1. The number of carbonyl (C=O) groups excluding carboxylic acids is 1. The van der Waals surface area contributed by atoms with Crippen LogP contribution in [0.3, 0.4) is 0 Å². The second kappa shape index (κ2) is 13.0. The highest BCUT2D eigenvalue weighted by Gasteiger charge is 2.72. The molecule has 2 bridgehead atoms. The summed E-state index contributed by atoms with van der Waals surface area (Å²) in [6, 6.07) is 20.0. The summed E-state index contributed by atoms with van der Waals surface area (Å²) in [6.45, 7) is 11.8. The van der Waals surface area contributed by atoms with E-state index >= 15 is 0 Å². The largest absolute Gasteiger partial charge is 0.407 e. The summed E-state index contributed by atoms with van der Waals surface area (Å²) in [5.74, 6) is 6.38. The number of fused-ring (bicyclic) bond motifs is 1. The molecule has 0 unspecified atom stereocenters. The van der Waals surface area contributed by atoms with Gasteiger partial charge in [0.2, 0.25) is 10.0 Å². The van der Waals surface area contributed by atoms with E-state index in [4.69, 9.17) is 4.43 Å². The van der Waals surface area contributed by atoms with E-state index < -0.39 is 30.3 Å². The van der Waals surface area contributed by atoms with Crippen molar-refractivity contribution < 1.29 is 22.8 Å². The van der Waals surface area contributed by atoms with Crippen LogP contribution in [0.5, 0.6) is 0 Å². The second-order valence-corrected chi connectivity index (χ2v) is 20.9. The number of sulfonamides is 1. The molecule has 2 aromatic carbocycles. The minimum Gasteiger partial charge on any atom is -0.407 e. The van der Waals surface area contributed by atoms with Crippen LogP contribution in [0.4, 0.5) is 0 Å². The van der Waals surface area contributed by atoms with Crippen molar-refractivity contribution in [1.29, 1.82) is 0 Å². The fraction of sp³-hybridized carbons (Fsp3) is 0.583. The van der Waals surface area contributed by atoms with Crippen molar-refractivity contribution in [3.05, 3.63) is 60.7 Å². The van der Waals surface area contributed by atoms with Crippen LogP contribution in [0, 0.1) is 28.6 Å². The molecule has 2 saturated carbocycles. The van der Waals surface area contributed by atoms with Crippen molar-refractivity contribution in [3.63, 3.8) is 0 Å². The molecule has 7 nitrogen and oxygen atoms in total. The van der Waals surface area contributed by atoms with Crippen molar-refractivity contribution in [1.82, 2.24) is 9.79 Å². The van der Waals surface area contributed by atoms with Gasteiger partial charge in [0.25, 0.3) is 14.2 Å². The molecule has 2 aromatic rings. The summed E-state index contributed by atoms with van der Waals surface area (Å²) in [7, 11) is -6.28. The number of nitrogens with zero attached hydrogens (tertiary/aromatic N) is 1. The summed E-state index contributed by atoms with van der Waals surface area (Å²) >= 11 is 0. The fourth-order valence-corrected chi connectivity index (χ4v) is 15.9. The standard InChI is InChI=1S/C36H50N2O5SSi/c1-34(2,3)45(29-18-12-10-13-19-29,30-20-14-11-15-21-30)43-25-17-9-7-6-8-16-22-31(37-40)33(39)38-32-26-28-23-24-36(32,35(28,4)5)27-44(38,41)42/h10-15,18-21,28,31-32,37,40H,8-9,16-17,22-27H2,1-5H3/t28-,31-,32-,36-/m0/s1. The average Bonchev–Trinajstić information content (AvgIpc) is 3.48. The van der Waals surface area contributed by atoms with Crippen LogP contribution in [0.25, 0.3) is 0 Å². The molecular formula is C36H50N2O5SSi. The van der Waals surface area contributed by atoms with E-state index in [0.717, 1.165) is 30.0 Å². The van der Waals surface area contributed by atoms with Crippen molar-refractivity contribution in [2.24, 2.45) is 16.7 Å². The van der Waals surface area contributed by atoms with Crippen LogP contribution in [-0.4, -0.2) is 56.6 Å². The molecule has 2 N–H and O–H groups in total. The lowest BCUT2D eigenvalue weighted by atomic mass is 9.69. The van der Waals surface area contributed by atoms with Gasteiger partial charge in [-0.25, -0.2) is 12.7 Å². The van der Waals surface area contributed by atoms with Crippen LogP contribution < -0.4 is 15.9 Å². The van der Waals surface area contributed by atoms with Gasteiger partial charge >= 0.3 is 0 Å². The number of carbonyl (C=O) groups is 1. The predicted molar refractivity (Wildman–Crippen MR) is 181 cm³/mol. The summed E-state index contributed by atoms with van der Waals surface area (Å²) in [6.07, 6.45) is 5.56. The highest BCUT2D eigenvalue weighted by Crippen LogP contribution is 2.70. The number of hydrogen-bond donors (Lipinski definition) is 2. The first-order valence-electron chi connectivity index (χ1n) is 16.5. The van der Waals surface area contributed by atoms with Crippen molar-refractivity contribution in [2.75, 3.05) is 12.4 Å². The molecule has 3 aliphatic rings. The zero-order chi connectivity index (χ0) is 32.5. The topological polar surface area (TPSA) is 95.9 Å². The Labute approximate surface area is 271 Å². The Morgan fingerprint density at radius 2 is 1.62 bits per heavy atom. The van der Waals surface area contributed by atoms with Gasteiger partial charge in [-0.15, -0.1) is 11.8 Å². The lowest BCUT2D eigenvalue weighted by Gasteiger charge is -2.43. The molecule has 1 saturated heterocycles. The molecule has 45 heavy (non-hydrogen) atoms. The Kier molecular flexibility index (Phi) is 9.75. The Bertz CT molecular complexity index is 1470. The molecule has 0 radical (unpaired) electrons. The monoisotopic (exact) mass is 650 g/mol. The second-order valence-electron chi connectivity index (χ2n) is 14.8. The van der Waals surface area contributed by atoms with E-state index in [2.05, 4.69) is 100 Å². The molecule has 1 heterocycles. The molecule has 1 spiro atoms. The normalized spacial score (nSPS) is 25.4. The minimum absolute atomic E-state index is 0.0311. The van der Waals surface area contributed by atoms with Crippen LogP contribution in [0.2, 0.25) is 5.04 Å². The Hall–Kier alpha value is -2.48. The SMILES string of the molecule is CC1(C)[C@H]2CC[C@@]13CS(=O)(=O)N(C(=O)[C@H](CCCC#CCCCO[Si](c1ccccc1)(c1ccccc1)C(C)(C)C)NO)[C@H]3C2. The first kappa shape index (κ1) is 33.9. The molecule has 0 aromatic heterocycles. The fourth-order valence-electron chi connectivity index (χ4n) is 8.69. The quantitative estimate of drug-likeness (QED) is 0.150. The van der Waals surface area contributed by atoms with Gasteiger partial charge in [0.15, 0.2) is 0 Å². The van der Waals surface area contributed by atoms with Gasteiger partial charge in [0.1, 0.15) is 6.04 Å². The molecule has 1 amide bonds. The zero-order valence-corrected chi connectivity index (χ0v) is 29.3. The Balaban J connectivity index is 1.14. The van der Waals surface area contributed by atoms with E-state index in [-0.39, 0.29) is 27.7 Å². The van der Waals surface area contributed by atoms with Gasteiger partial charge in [0.05, 0.1) is 11.8 Å². The van der Waals surface area contributed by atoms with Gasteiger partial charge in [-0.05, 0) is 65.3 Å². The number of unbranched alkanes of at least 4 members (excludes halogenated alkanes) is 2. The van der Waals surface area contributed by atoms with Crippen LogP contribution in [0.15, 0.2) is 60.7 Å². The van der Waals surface area contributed by atoms with Crippen molar-refractivity contribution >= 4 is 34.6 Å². The molecular weight excluding hydrogens is 601 g/mol. The Morgan fingerprint density at radius 3 is 2.16 bits per heavy atom. The van der Waals surface area contributed by atoms with E-state index in [1.54, 1.807) is 0 Å². The number of hydroxylamine groups is 1. The van der Waals surface area contributed by atoms with E-state index in [1.165, 1.54) is 10.4 Å². The molecule has 5 rings (SSSR count). The predicted octanol–water partition coefficient (Wildman–Crippen LogP) is 5.23. The molecule has 1 aliphatic heterocycles. The molecule has 244 valence electrons. The first-order chi connectivity index (χ1) is 21.3. The highest BCUT2D eigenvalue weighted by molar-refractivity contribution is 7.90. The molecule has 4 atom stereocenters. The Morgan fingerprint density at radius 1 is 1.04 bits per heavy atom. The van der Waals surface area contributed by atoms with E-state index in [9.17, 15) is 18.4 Å². The van der Waals surface area contributed by atoms with E-state index in [0.29, 0.717) is 38.2 Å².